The summed E-state index contributed by atoms with van der Waals surface area (Å²) in [4.78, 5) is 30.8. The van der Waals surface area contributed by atoms with E-state index >= 15 is 0 Å². The van der Waals surface area contributed by atoms with E-state index in [2.05, 4.69) is 4.90 Å². The maximum absolute atomic E-state index is 13.1. The summed E-state index contributed by atoms with van der Waals surface area (Å²) in [6.07, 6.45) is 0.831. The lowest BCUT2D eigenvalue weighted by Crippen LogP contribution is -2.42. The lowest BCUT2D eigenvalue weighted by Gasteiger charge is -2.30. The van der Waals surface area contributed by atoms with E-state index in [9.17, 15) is 14.7 Å². The lowest BCUT2D eigenvalue weighted by molar-refractivity contribution is -0.140. The highest BCUT2D eigenvalue weighted by Crippen LogP contribution is 2.41. The van der Waals surface area contributed by atoms with Gasteiger partial charge in [-0.2, -0.15) is 0 Å². The van der Waals surface area contributed by atoms with Gasteiger partial charge in [0.2, 0.25) is 0 Å². The van der Waals surface area contributed by atoms with Crippen molar-refractivity contribution in [2.45, 2.75) is 25.5 Å². The van der Waals surface area contributed by atoms with Gasteiger partial charge in [-0.25, -0.2) is 0 Å². The molecule has 32 heavy (non-hydrogen) atoms. The average Bonchev–Trinajstić information content (AvgIpc) is 3.51. The number of amides is 1. The van der Waals surface area contributed by atoms with Gasteiger partial charge in [0.05, 0.1) is 24.8 Å². The quantitative estimate of drug-likeness (QED) is 0.425. The van der Waals surface area contributed by atoms with E-state index in [1.165, 1.54) is 11.3 Å². The van der Waals surface area contributed by atoms with Crippen molar-refractivity contribution < 1.29 is 24.2 Å². The first kappa shape index (κ1) is 21.2. The maximum atomic E-state index is 13.1. The van der Waals surface area contributed by atoms with Crippen LogP contribution in [0.25, 0.3) is 5.76 Å². The number of ketones is 1. The largest absolute Gasteiger partial charge is 0.507 e. The summed E-state index contributed by atoms with van der Waals surface area (Å²) < 4.78 is 11.2. The zero-order chi connectivity index (χ0) is 22.2. The van der Waals surface area contributed by atoms with Crippen molar-refractivity contribution in [3.05, 3.63) is 57.3 Å². The van der Waals surface area contributed by atoms with Crippen LogP contribution in [-0.2, 0) is 20.7 Å². The number of morpholine rings is 1. The number of carbonyl (C=O) groups excluding carboxylic acids is 2. The van der Waals surface area contributed by atoms with Crippen LogP contribution in [0, 0.1) is 0 Å². The van der Waals surface area contributed by atoms with Crippen LogP contribution in [0.3, 0.4) is 0 Å². The first-order chi connectivity index (χ1) is 15.5. The molecule has 0 saturated carbocycles. The van der Waals surface area contributed by atoms with Crippen LogP contribution >= 0.6 is 11.3 Å². The van der Waals surface area contributed by atoms with Crippen LogP contribution in [0.1, 0.15) is 29.0 Å². The molecule has 8 heteroatoms. The van der Waals surface area contributed by atoms with Gasteiger partial charge in [0, 0.05) is 43.0 Å². The molecule has 0 aliphatic carbocycles. The number of hydrogen-bond donors (Lipinski definition) is 1. The topological polar surface area (TPSA) is 79.3 Å². The Kier molecular flexibility index (Phi) is 5.75. The molecule has 0 radical (unpaired) electrons. The molecule has 168 valence electrons. The molecule has 5 rings (SSSR count). The Morgan fingerprint density at radius 2 is 2.00 bits per heavy atom. The third kappa shape index (κ3) is 3.83. The monoisotopic (exact) mass is 454 g/mol. The van der Waals surface area contributed by atoms with E-state index in [1.807, 2.05) is 36.6 Å². The summed E-state index contributed by atoms with van der Waals surface area (Å²) in [7, 11) is 0. The highest BCUT2D eigenvalue weighted by atomic mass is 32.1. The molecule has 2 saturated heterocycles. The van der Waals surface area contributed by atoms with E-state index in [-0.39, 0.29) is 17.4 Å². The summed E-state index contributed by atoms with van der Waals surface area (Å²) in [5.41, 5.74) is 1.69. The van der Waals surface area contributed by atoms with Crippen LogP contribution in [0.4, 0.5) is 0 Å². The molecular formula is C24H26N2O5S. The Hall–Kier alpha value is -2.68. The first-order valence-electron chi connectivity index (χ1n) is 10.9. The minimum absolute atomic E-state index is 0.0827. The fraction of sp³-hybridized carbons (Fsp3) is 0.417. The second kappa shape index (κ2) is 8.69. The zero-order valence-electron chi connectivity index (χ0n) is 18.0. The number of aliphatic hydroxyl groups excluding tert-OH is 1. The molecule has 0 spiro atoms. The molecule has 1 amide bonds. The molecule has 2 atom stereocenters. The Labute approximate surface area is 190 Å². The Bertz CT molecular complexity index is 1060. The molecule has 7 nitrogen and oxygen atoms in total. The highest BCUT2D eigenvalue weighted by Gasteiger charge is 2.46. The van der Waals surface area contributed by atoms with Gasteiger partial charge in [-0.3, -0.25) is 14.5 Å². The van der Waals surface area contributed by atoms with Crippen LogP contribution < -0.4 is 4.74 Å². The van der Waals surface area contributed by atoms with Crippen LogP contribution in [0.15, 0.2) is 41.3 Å². The van der Waals surface area contributed by atoms with Crippen molar-refractivity contribution in [2.24, 2.45) is 0 Å². The van der Waals surface area contributed by atoms with Crippen LogP contribution in [0.5, 0.6) is 5.75 Å². The molecule has 1 aromatic carbocycles. The smallest absolute Gasteiger partial charge is 0.295 e. The summed E-state index contributed by atoms with van der Waals surface area (Å²) in [6.45, 7) is 6.04. The van der Waals surface area contributed by atoms with Gasteiger partial charge < -0.3 is 19.5 Å². The molecule has 1 aromatic heterocycles. The number of rotatable bonds is 5. The van der Waals surface area contributed by atoms with E-state index in [0.29, 0.717) is 31.9 Å². The summed E-state index contributed by atoms with van der Waals surface area (Å²) in [5, 5.41) is 13.1. The van der Waals surface area contributed by atoms with E-state index in [1.54, 1.807) is 11.0 Å². The molecule has 3 aliphatic heterocycles. The van der Waals surface area contributed by atoms with Gasteiger partial charge in [-0.15, -0.1) is 11.3 Å². The maximum Gasteiger partial charge on any atom is 0.295 e. The number of Topliss-reactive ketones (excluding diaryl/α,β-unsaturated/α-hetero) is 1. The molecule has 2 aromatic rings. The first-order valence-corrected chi connectivity index (χ1v) is 11.8. The SMILES string of the molecule is C[C@@H]1Cc2cc(C(O)=C3C(=O)C(=O)N(CCN4CCOCC4)[C@@H]3c3cccs3)ccc2O1. The van der Waals surface area contributed by atoms with Crippen molar-refractivity contribution >= 4 is 28.8 Å². The van der Waals surface area contributed by atoms with Gasteiger partial charge in [0.25, 0.3) is 11.7 Å². The fourth-order valence-corrected chi connectivity index (χ4v) is 5.50. The second-order valence-electron chi connectivity index (χ2n) is 8.42. The Balaban J connectivity index is 1.49. The number of ether oxygens (including phenoxy) is 2. The van der Waals surface area contributed by atoms with Crippen LogP contribution in [-0.4, -0.2) is 72.1 Å². The van der Waals surface area contributed by atoms with Crippen molar-refractivity contribution in [2.75, 3.05) is 39.4 Å². The minimum Gasteiger partial charge on any atom is -0.507 e. The number of nitrogens with zero attached hydrogens (tertiary/aromatic N) is 2. The van der Waals surface area contributed by atoms with Gasteiger partial charge in [0.1, 0.15) is 17.6 Å². The van der Waals surface area contributed by atoms with Crippen LogP contribution in [0.2, 0.25) is 0 Å². The molecule has 0 bridgehead atoms. The zero-order valence-corrected chi connectivity index (χ0v) is 18.8. The predicted octanol–water partition coefficient (Wildman–Crippen LogP) is 2.83. The molecule has 1 N–H and O–H groups in total. The number of fused-ring (bicyclic) bond motifs is 1. The van der Waals surface area contributed by atoms with Gasteiger partial charge in [0.15, 0.2) is 0 Å². The van der Waals surface area contributed by atoms with Gasteiger partial charge >= 0.3 is 0 Å². The standard InChI is InChI=1S/C24H26N2O5S/c1-15-13-17-14-16(4-5-18(17)31-15)22(27)20-21(19-3-2-12-32-19)26(24(29)23(20)28)7-6-25-8-10-30-11-9-25/h2-5,12,14-15,21,27H,6-11,13H2,1H3/t15-,21-/m1/s1. The van der Waals surface area contributed by atoms with Crippen molar-refractivity contribution in [1.29, 1.82) is 0 Å². The van der Waals surface area contributed by atoms with E-state index in [4.69, 9.17) is 9.47 Å². The van der Waals surface area contributed by atoms with Gasteiger partial charge in [-0.1, -0.05) is 6.07 Å². The molecular weight excluding hydrogens is 428 g/mol. The average molecular weight is 455 g/mol. The Morgan fingerprint density at radius 3 is 2.75 bits per heavy atom. The number of hydrogen-bond acceptors (Lipinski definition) is 7. The number of aliphatic hydroxyl groups is 1. The van der Waals surface area contributed by atoms with Gasteiger partial charge in [-0.05, 0) is 42.1 Å². The lowest BCUT2D eigenvalue weighted by atomic mass is 9.98. The molecule has 0 unspecified atom stereocenters. The minimum atomic E-state index is -0.631. The Morgan fingerprint density at radius 1 is 1.19 bits per heavy atom. The number of benzene rings is 1. The normalized spacial score (nSPS) is 25.2. The number of likely N-dealkylation sites (tertiary alicyclic amines) is 1. The van der Waals surface area contributed by atoms with Crippen molar-refractivity contribution in [3.8, 4) is 5.75 Å². The summed E-state index contributed by atoms with van der Waals surface area (Å²) in [6, 6.07) is 8.66. The molecule has 4 heterocycles. The molecule has 2 fully saturated rings. The highest BCUT2D eigenvalue weighted by molar-refractivity contribution is 7.10. The van der Waals surface area contributed by atoms with E-state index in [0.717, 1.165) is 35.7 Å². The second-order valence-corrected chi connectivity index (χ2v) is 9.40. The summed E-state index contributed by atoms with van der Waals surface area (Å²) >= 11 is 1.48. The number of thiophene rings is 1. The molecule has 3 aliphatic rings. The van der Waals surface area contributed by atoms with Crippen molar-refractivity contribution in [1.82, 2.24) is 9.80 Å². The third-order valence-corrected chi connectivity index (χ3v) is 7.21. The predicted molar refractivity (Wildman–Crippen MR) is 121 cm³/mol. The van der Waals surface area contributed by atoms with Crippen molar-refractivity contribution in [3.63, 3.8) is 0 Å². The third-order valence-electron chi connectivity index (χ3n) is 6.28. The fourth-order valence-electron chi connectivity index (χ4n) is 4.65. The number of carbonyl (C=O) groups is 2. The van der Waals surface area contributed by atoms with E-state index < -0.39 is 17.7 Å². The summed E-state index contributed by atoms with van der Waals surface area (Å²) in [5.74, 6) is -0.517.